The molecule has 1 amide bonds. The number of hydrogen-bond acceptors (Lipinski definition) is 3. The lowest BCUT2D eigenvalue weighted by Gasteiger charge is -2.11. The van der Waals surface area contributed by atoms with Crippen molar-refractivity contribution in [1.29, 1.82) is 0 Å². The van der Waals surface area contributed by atoms with Crippen molar-refractivity contribution < 1.29 is 9.18 Å². The van der Waals surface area contributed by atoms with E-state index in [1.165, 1.54) is 16.7 Å². The molecule has 0 aliphatic carbocycles. The van der Waals surface area contributed by atoms with Gasteiger partial charge in [-0.2, -0.15) is 0 Å². The second-order valence-electron chi connectivity index (χ2n) is 7.15. The number of imidazole rings is 1. The van der Waals surface area contributed by atoms with Crippen LogP contribution in [-0.4, -0.2) is 20.0 Å². The van der Waals surface area contributed by atoms with E-state index in [1.54, 1.807) is 48.3 Å². The molecule has 0 bridgehead atoms. The lowest BCUT2D eigenvalue weighted by atomic mass is 10.1. The molecule has 0 saturated heterocycles. The summed E-state index contributed by atoms with van der Waals surface area (Å²) >= 11 is 0. The molecule has 156 valence electrons. The summed E-state index contributed by atoms with van der Waals surface area (Å²) in [7, 11) is 0. The molecule has 0 fully saturated rings. The average Bonchev–Trinajstić information content (AvgIpc) is 3.20. The molecule has 0 saturated carbocycles. The van der Waals surface area contributed by atoms with Gasteiger partial charge in [0, 0.05) is 25.1 Å². The summed E-state index contributed by atoms with van der Waals surface area (Å²) in [5, 5.41) is 2.70. The highest BCUT2D eigenvalue weighted by Gasteiger charge is 2.13. The van der Waals surface area contributed by atoms with Crippen LogP contribution in [0.4, 0.5) is 4.39 Å². The predicted molar refractivity (Wildman–Crippen MR) is 116 cm³/mol. The summed E-state index contributed by atoms with van der Waals surface area (Å²) in [6.45, 7) is 2.27. The van der Waals surface area contributed by atoms with Gasteiger partial charge in [0.2, 0.25) is 0 Å². The van der Waals surface area contributed by atoms with E-state index >= 15 is 0 Å². The van der Waals surface area contributed by atoms with Crippen LogP contribution in [0.5, 0.6) is 0 Å². The van der Waals surface area contributed by atoms with Crippen LogP contribution in [0.25, 0.3) is 5.69 Å². The molecule has 2 aromatic heterocycles. The molecule has 6 nitrogen and oxygen atoms in total. The van der Waals surface area contributed by atoms with Gasteiger partial charge in [-0.1, -0.05) is 36.4 Å². The molecular formula is C24H21FN4O2. The van der Waals surface area contributed by atoms with Crippen molar-refractivity contribution in [3.05, 3.63) is 118 Å². The molecule has 0 spiro atoms. The maximum Gasteiger partial charge on any atom is 0.263 e. The molecule has 0 atom stereocenters. The quantitative estimate of drug-likeness (QED) is 0.523. The van der Waals surface area contributed by atoms with Crippen LogP contribution in [0.15, 0.2) is 84.0 Å². The number of pyridine rings is 1. The van der Waals surface area contributed by atoms with Crippen molar-refractivity contribution in [2.75, 3.05) is 0 Å². The third kappa shape index (κ3) is 4.45. The first-order valence-corrected chi connectivity index (χ1v) is 9.83. The van der Waals surface area contributed by atoms with Crippen molar-refractivity contribution >= 4 is 5.91 Å². The normalized spacial score (nSPS) is 10.8. The first-order chi connectivity index (χ1) is 15.0. The SMILES string of the molecule is Cc1nccn1-c1ccc(CNC(=O)c2cccn(Cc3ccccc3)c2=O)cc1F. The van der Waals surface area contributed by atoms with Crippen molar-refractivity contribution in [1.82, 2.24) is 19.4 Å². The van der Waals surface area contributed by atoms with Gasteiger partial charge in [-0.05, 0) is 42.3 Å². The number of aryl methyl sites for hydroxylation is 1. The van der Waals surface area contributed by atoms with E-state index in [2.05, 4.69) is 10.3 Å². The maximum atomic E-state index is 14.6. The standard InChI is InChI=1S/C24H21FN4O2/c1-17-26-11-13-29(17)22-10-9-19(14-21(22)25)15-27-23(30)20-8-5-12-28(24(20)31)16-18-6-3-2-4-7-18/h2-14H,15-16H2,1H3,(H,27,30). The number of nitrogens with zero attached hydrogens (tertiary/aromatic N) is 3. The molecule has 4 rings (SSSR count). The molecule has 0 aliphatic rings. The van der Waals surface area contributed by atoms with Gasteiger partial charge in [-0.3, -0.25) is 9.59 Å². The zero-order chi connectivity index (χ0) is 21.8. The summed E-state index contributed by atoms with van der Waals surface area (Å²) in [5.41, 5.74) is 1.61. The number of rotatable bonds is 6. The monoisotopic (exact) mass is 416 g/mol. The topological polar surface area (TPSA) is 68.9 Å². The molecule has 7 heteroatoms. The highest BCUT2D eigenvalue weighted by Crippen LogP contribution is 2.16. The van der Waals surface area contributed by atoms with E-state index in [1.807, 2.05) is 30.3 Å². The molecular weight excluding hydrogens is 395 g/mol. The van der Waals surface area contributed by atoms with Crippen molar-refractivity contribution in [2.24, 2.45) is 0 Å². The van der Waals surface area contributed by atoms with Gasteiger partial charge in [0.05, 0.1) is 12.2 Å². The minimum Gasteiger partial charge on any atom is -0.348 e. The molecule has 0 aliphatic heterocycles. The van der Waals surface area contributed by atoms with Crippen molar-refractivity contribution in [3.8, 4) is 5.69 Å². The average molecular weight is 416 g/mol. The van der Waals surface area contributed by atoms with Gasteiger partial charge in [0.1, 0.15) is 17.2 Å². The zero-order valence-electron chi connectivity index (χ0n) is 17.0. The Morgan fingerprint density at radius 3 is 2.55 bits per heavy atom. The summed E-state index contributed by atoms with van der Waals surface area (Å²) in [6, 6.07) is 17.4. The number of carbonyl (C=O) groups is 1. The highest BCUT2D eigenvalue weighted by atomic mass is 19.1. The number of hydrogen-bond donors (Lipinski definition) is 1. The third-order valence-corrected chi connectivity index (χ3v) is 5.01. The molecule has 1 N–H and O–H groups in total. The van der Waals surface area contributed by atoms with Crippen LogP contribution >= 0.6 is 0 Å². The minimum atomic E-state index is -0.498. The number of nitrogens with one attached hydrogen (secondary N) is 1. The van der Waals surface area contributed by atoms with Crippen LogP contribution in [0.1, 0.15) is 27.3 Å². The van der Waals surface area contributed by atoms with E-state index in [9.17, 15) is 14.0 Å². The van der Waals surface area contributed by atoms with Gasteiger partial charge in [0.25, 0.3) is 11.5 Å². The molecule has 4 aromatic rings. The molecule has 0 radical (unpaired) electrons. The summed E-state index contributed by atoms with van der Waals surface area (Å²) < 4.78 is 17.7. The zero-order valence-corrected chi connectivity index (χ0v) is 17.0. The number of aromatic nitrogens is 3. The lowest BCUT2D eigenvalue weighted by Crippen LogP contribution is -2.32. The third-order valence-electron chi connectivity index (χ3n) is 5.01. The van der Waals surface area contributed by atoms with Crippen LogP contribution in [0.2, 0.25) is 0 Å². The van der Waals surface area contributed by atoms with Crippen molar-refractivity contribution in [3.63, 3.8) is 0 Å². The Kier molecular flexibility index (Phi) is 5.75. The molecule has 2 heterocycles. The maximum absolute atomic E-state index is 14.6. The van der Waals surface area contributed by atoms with Crippen LogP contribution in [0, 0.1) is 12.7 Å². The second-order valence-corrected chi connectivity index (χ2v) is 7.15. The molecule has 2 aromatic carbocycles. The van der Waals surface area contributed by atoms with Gasteiger partial charge < -0.3 is 14.5 Å². The van der Waals surface area contributed by atoms with E-state index in [0.717, 1.165) is 5.56 Å². The fourth-order valence-electron chi connectivity index (χ4n) is 3.38. The Bertz CT molecular complexity index is 1280. The Balaban J connectivity index is 1.47. The van der Waals surface area contributed by atoms with Crippen LogP contribution < -0.4 is 10.9 Å². The van der Waals surface area contributed by atoms with E-state index in [0.29, 0.717) is 23.6 Å². The van der Waals surface area contributed by atoms with Gasteiger partial charge in [-0.25, -0.2) is 9.37 Å². The fraction of sp³-hybridized carbons (Fsp3) is 0.125. The Morgan fingerprint density at radius 1 is 1.03 bits per heavy atom. The van der Waals surface area contributed by atoms with E-state index < -0.39 is 11.7 Å². The Labute approximate surface area is 178 Å². The predicted octanol–water partition coefficient (Wildman–Crippen LogP) is 3.46. The van der Waals surface area contributed by atoms with E-state index in [4.69, 9.17) is 0 Å². The lowest BCUT2D eigenvalue weighted by molar-refractivity contribution is 0.0948. The van der Waals surface area contributed by atoms with Crippen LogP contribution in [-0.2, 0) is 13.1 Å². The summed E-state index contributed by atoms with van der Waals surface area (Å²) in [4.78, 5) is 29.4. The number of carbonyl (C=O) groups excluding carboxylic acids is 1. The Morgan fingerprint density at radius 2 is 1.84 bits per heavy atom. The molecule has 31 heavy (non-hydrogen) atoms. The largest absolute Gasteiger partial charge is 0.348 e. The molecule has 0 unspecified atom stereocenters. The van der Waals surface area contributed by atoms with Gasteiger partial charge >= 0.3 is 0 Å². The van der Waals surface area contributed by atoms with Gasteiger partial charge in [0.15, 0.2) is 0 Å². The van der Waals surface area contributed by atoms with Crippen molar-refractivity contribution in [2.45, 2.75) is 20.0 Å². The number of halogens is 1. The number of benzene rings is 2. The second kappa shape index (κ2) is 8.79. The van der Waals surface area contributed by atoms with Crippen LogP contribution in [0.3, 0.4) is 0 Å². The highest BCUT2D eigenvalue weighted by molar-refractivity contribution is 5.93. The smallest absolute Gasteiger partial charge is 0.263 e. The summed E-state index contributed by atoms with van der Waals surface area (Å²) in [5.74, 6) is -0.240. The van der Waals surface area contributed by atoms with Gasteiger partial charge in [-0.15, -0.1) is 0 Å². The van der Waals surface area contributed by atoms with E-state index in [-0.39, 0.29) is 17.7 Å². The Hall–Kier alpha value is -4.00. The first kappa shape index (κ1) is 20.3. The fourth-order valence-corrected chi connectivity index (χ4v) is 3.38. The summed E-state index contributed by atoms with van der Waals surface area (Å²) in [6.07, 6.45) is 4.94. The number of amides is 1. The minimum absolute atomic E-state index is 0.0459. The first-order valence-electron chi connectivity index (χ1n) is 9.83.